The van der Waals surface area contributed by atoms with Crippen molar-refractivity contribution in [1.82, 2.24) is 0 Å². The number of hydrogen-bond acceptors (Lipinski definition) is 1. The molecule has 1 aliphatic rings. The summed E-state index contributed by atoms with van der Waals surface area (Å²) in [5.41, 5.74) is 0.642. The van der Waals surface area contributed by atoms with Gasteiger partial charge in [0.15, 0.2) is 0 Å². The average Bonchev–Trinajstić information content (AvgIpc) is 2.67. The van der Waals surface area contributed by atoms with Gasteiger partial charge in [0, 0.05) is 13.2 Å². The van der Waals surface area contributed by atoms with Crippen LogP contribution in [0.15, 0.2) is 0 Å². The molecule has 0 radical (unpaired) electrons. The normalized spacial score (nSPS) is 16.8. The van der Waals surface area contributed by atoms with E-state index in [0.29, 0.717) is 5.41 Å². The van der Waals surface area contributed by atoms with Crippen LogP contribution in [0.25, 0.3) is 0 Å². The minimum atomic E-state index is 0.642. The van der Waals surface area contributed by atoms with Gasteiger partial charge in [-0.25, -0.2) is 0 Å². The lowest BCUT2D eigenvalue weighted by Crippen LogP contribution is -2.29. The molecule has 1 nitrogen and oxygen atoms in total. The highest BCUT2D eigenvalue weighted by Gasteiger charge is 2.31. The summed E-state index contributed by atoms with van der Waals surface area (Å²) in [7, 11) is 0. The lowest BCUT2D eigenvalue weighted by molar-refractivity contribution is 0.00289. The fraction of sp³-hybridized carbons (Fsp3) is 1.00. The Morgan fingerprint density at radius 3 is 1.23 bits per heavy atom. The quantitative estimate of drug-likeness (QED) is 0.220. The molecule has 26 heavy (non-hydrogen) atoms. The molecule has 156 valence electrons. The largest absolute Gasteiger partial charge is 0.381 e. The molecule has 0 aliphatic carbocycles. The van der Waals surface area contributed by atoms with Crippen molar-refractivity contribution in [3.05, 3.63) is 0 Å². The molecule has 0 aromatic carbocycles. The second-order valence-electron chi connectivity index (χ2n) is 9.06. The Morgan fingerprint density at radius 1 is 0.500 bits per heavy atom. The first-order valence-corrected chi connectivity index (χ1v) is 12.4. The van der Waals surface area contributed by atoms with E-state index >= 15 is 0 Å². The fourth-order valence-corrected chi connectivity index (χ4v) is 4.70. The molecule has 0 spiro atoms. The summed E-state index contributed by atoms with van der Waals surface area (Å²) in [6.45, 7) is 6.65. The maximum Gasteiger partial charge on any atom is 0.0471 e. The molecular weight excluding hydrogens is 316 g/mol. The molecule has 0 saturated carbocycles. The number of rotatable bonds is 18. The van der Waals surface area contributed by atoms with E-state index in [1.54, 1.807) is 0 Å². The maximum absolute atomic E-state index is 5.69. The number of unbranched alkanes of at least 4 members (excludes halogenated alkanes) is 14. The van der Waals surface area contributed by atoms with Gasteiger partial charge in [-0.1, -0.05) is 117 Å². The Morgan fingerprint density at radius 2 is 0.846 bits per heavy atom. The zero-order valence-electron chi connectivity index (χ0n) is 18.5. The van der Waals surface area contributed by atoms with E-state index in [2.05, 4.69) is 13.8 Å². The Kier molecular flexibility index (Phi) is 15.8. The highest BCUT2D eigenvalue weighted by atomic mass is 16.5. The molecule has 0 unspecified atom stereocenters. The highest BCUT2D eigenvalue weighted by molar-refractivity contribution is 4.82. The minimum Gasteiger partial charge on any atom is -0.381 e. The van der Waals surface area contributed by atoms with E-state index in [0.717, 1.165) is 13.2 Å². The number of hydrogen-bond donors (Lipinski definition) is 0. The first-order chi connectivity index (χ1) is 12.8. The number of ether oxygens (including phenoxy) is 1. The molecule has 1 aliphatic heterocycles. The Balaban J connectivity index is 2.09. The van der Waals surface area contributed by atoms with Gasteiger partial charge in [0.2, 0.25) is 0 Å². The van der Waals surface area contributed by atoms with E-state index in [4.69, 9.17) is 4.74 Å². The monoisotopic (exact) mass is 366 g/mol. The van der Waals surface area contributed by atoms with Gasteiger partial charge in [-0.15, -0.1) is 0 Å². The zero-order valence-corrected chi connectivity index (χ0v) is 18.5. The summed E-state index contributed by atoms with van der Waals surface area (Å²) in [5.74, 6) is 0. The van der Waals surface area contributed by atoms with Crippen LogP contribution in [0, 0.1) is 5.41 Å². The second-order valence-corrected chi connectivity index (χ2v) is 9.06. The predicted octanol–water partition coefficient (Wildman–Crippen LogP) is 8.84. The molecule has 0 aromatic heterocycles. The molecular formula is C25H50O. The standard InChI is InChI=1S/C25H50O/c1-3-5-7-9-11-13-15-17-19-25(21-23-26-24-22-25)20-18-16-14-12-10-8-6-4-2/h3-24H2,1-2H3. The van der Waals surface area contributed by atoms with Gasteiger partial charge in [-0.05, 0) is 31.1 Å². The van der Waals surface area contributed by atoms with Gasteiger partial charge in [0.25, 0.3) is 0 Å². The molecule has 1 saturated heterocycles. The highest BCUT2D eigenvalue weighted by Crippen LogP contribution is 2.41. The summed E-state index contributed by atoms with van der Waals surface area (Å²) < 4.78 is 5.69. The topological polar surface area (TPSA) is 9.23 Å². The Bertz CT molecular complexity index is 258. The van der Waals surface area contributed by atoms with Crippen LogP contribution in [0.1, 0.15) is 142 Å². The average molecular weight is 367 g/mol. The van der Waals surface area contributed by atoms with Crippen LogP contribution in [-0.2, 0) is 4.74 Å². The third kappa shape index (κ3) is 12.4. The summed E-state index contributed by atoms with van der Waals surface area (Å²) in [6, 6.07) is 0. The van der Waals surface area contributed by atoms with E-state index in [9.17, 15) is 0 Å². The van der Waals surface area contributed by atoms with Crippen molar-refractivity contribution in [2.75, 3.05) is 13.2 Å². The van der Waals surface area contributed by atoms with Crippen molar-refractivity contribution in [3.8, 4) is 0 Å². The smallest absolute Gasteiger partial charge is 0.0471 e. The second kappa shape index (κ2) is 17.1. The molecule has 0 atom stereocenters. The Labute approximate surface area is 166 Å². The van der Waals surface area contributed by atoms with Crippen molar-refractivity contribution >= 4 is 0 Å². The first kappa shape index (κ1) is 24.0. The molecule has 0 amide bonds. The van der Waals surface area contributed by atoms with Gasteiger partial charge < -0.3 is 4.74 Å². The van der Waals surface area contributed by atoms with Gasteiger partial charge in [0.05, 0.1) is 0 Å². The zero-order chi connectivity index (χ0) is 18.8. The third-order valence-corrected chi connectivity index (χ3v) is 6.67. The summed E-state index contributed by atoms with van der Waals surface area (Å²) >= 11 is 0. The van der Waals surface area contributed by atoms with Gasteiger partial charge in [-0.3, -0.25) is 0 Å². The van der Waals surface area contributed by atoms with Crippen molar-refractivity contribution in [3.63, 3.8) is 0 Å². The molecule has 1 heterocycles. The van der Waals surface area contributed by atoms with Crippen LogP contribution >= 0.6 is 0 Å². The maximum atomic E-state index is 5.69. The van der Waals surface area contributed by atoms with Crippen LogP contribution in [-0.4, -0.2) is 13.2 Å². The minimum absolute atomic E-state index is 0.642. The van der Waals surface area contributed by atoms with Crippen molar-refractivity contribution in [1.29, 1.82) is 0 Å². The Hall–Kier alpha value is -0.0400. The summed E-state index contributed by atoms with van der Waals surface area (Å²) in [4.78, 5) is 0. The van der Waals surface area contributed by atoms with Crippen LogP contribution < -0.4 is 0 Å². The molecule has 1 rings (SSSR count). The predicted molar refractivity (Wildman–Crippen MR) is 117 cm³/mol. The molecule has 0 bridgehead atoms. The summed E-state index contributed by atoms with van der Waals surface area (Å²) in [5, 5.41) is 0. The fourth-order valence-electron chi connectivity index (χ4n) is 4.70. The molecule has 1 heteroatoms. The summed E-state index contributed by atoms with van der Waals surface area (Å²) in [6.07, 6.45) is 28.8. The lowest BCUT2D eigenvalue weighted by Gasteiger charge is -2.37. The van der Waals surface area contributed by atoms with Gasteiger partial charge >= 0.3 is 0 Å². The van der Waals surface area contributed by atoms with Crippen LogP contribution in [0.5, 0.6) is 0 Å². The van der Waals surface area contributed by atoms with Gasteiger partial charge in [-0.2, -0.15) is 0 Å². The SMILES string of the molecule is CCCCCCCCCCC1(CCCCCCCCCC)CCOCC1. The van der Waals surface area contributed by atoms with E-state index in [1.807, 2.05) is 0 Å². The molecule has 0 N–H and O–H groups in total. The first-order valence-electron chi connectivity index (χ1n) is 12.4. The van der Waals surface area contributed by atoms with Crippen molar-refractivity contribution in [2.24, 2.45) is 5.41 Å². The van der Waals surface area contributed by atoms with Gasteiger partial charge in [0.1, 0.15) is 0 Å². The van der Waals surface area contributed by atoms with Crippen LogP contribution in [0.2, 0.25) is 0 Å². The van der Waals surface area contributed by atoms with E-state index in [-0.39, 0.29) is 0 Å². The van der Waals surface area contributed by atoms with E-state index in [1.165, 1.54) is 128 Å². The third-order valence-electron chi connectivity index (χ3n) is 6.67. The van der Waals surface area contributed by atoms with Crippen molar-refractivity contribution in [2.45, 2.75) is 142 Å². The van der Waals surface area contributed by atoms with E-state index < -0.39 is 0 Å². The van der Waals surface area contributed by atoms with Crippen LogP contribution in [0.4, 0.5) is 0 Å². The molecule has 0 aromatic rings. The van der Waals surface area contributed by atoms with Crippen LogP contribution in [0.3, 0.4) is 0 Å². The lowest BCUT2D eigenvalue weighted by atomic mass is 9.72. The van der Waals surface area contributed by atoms with Crippen molar-refractivity contribution < 1.29 is 4.74 Å². The molecule has 1 fully saturated rings.